The van der Waals surface area contributed by atoms with Crippen LogP contribution in [0.5, 0.6) is 0 Å². The largest absolute Gasteiger partial charge is 0.313 e. The monoisotopic (exact) mass is 263 g/mol. The number of aryl methyl sites for hydroxylation is 1. The molecular formula is C14H18ClN3. The van der Waals surface area contributed by atoms with Gasteiger partial charge in [-0.3, -0.25) is 0 Å². The van der Waals surface area contributed by atoms with Crippen molar-refractivity contribution in [2.24, 2.45) is 0 Å². The molecule has 0 radical (unpaired) electrons. The van der Waals surface area contributed by atoms with Crippen molar-refractivity contribution >= 4 is 11.6 Å². The molecule has 1 aromatic heterocycles. The Hall–Kier alpha value is -1.32. The second-order valence-corrected chi connectivity index (χ2v) is 4.91. The van der Waals surface area contributed by atoms with Crippen LogP contribution in [0, 0.1) is 13.8 Å². The number of nitrogens with one attached hydrogen (secondary N) is 1. The molecule has 96 valence electrons. The smallest absolute Gasteiger partial charge is 0.0997 e. The zero-order valence-corrected chi connectivity index (χ0v) is 11.9. The minimum Gasteiger partial charge on any atom is -0.313 e. The molecule has 2 aromatic rings. The van der Waals surface area contributed by atoms with Crippen LogP contribution in [0.2, 0.25) is 5.02 Å². The third-order valence-corrected chi connectivity index (χ3v) is 3.72. The van der Waals surface area contributed by atoms with E-state index in [4.69, 9.17) is 11.6 Å². The molecule has 1 N–H and O–H groups in total. The summed E-state index contributed by atoms with van der Waals surface area (Å²) in [5.74, 6) is 0. The van der Waals surface area contributed by atoms with E-state index in [1.165, 1.54) is 5.56 Å². The summed E-state index contributed by atoms with van der Waals surface area (Å²) in [6.45, 7) is 6.15. The first kappa shape index (κ1) is 13.1. The summed E-state index contributed by atoms with van der Waals surface area (Å²) in [6, 6.07) is 6.44. The molecule has 2 rings (SSSR count). The normalized spacial score (nSPS) is 12.7. The fourth-order valence-electron chi connectivity index (χ4n) is 1.90. The number of hydrogen-bond donors (Lipinski definition) is 1. The summed E-state index contributed by atoms with van der Waals surface area (Å²) >= 11 is 6.37. The first-order valence-corrected chi connectivity index (χ1v) is 6.40. The zero-order valence-electron chi connectivity index (χ0n) is 11.2. The van der Waals surface area contributed by atoms with Gasteiger partial charge in [0.15, 0.2) is 0 Å². The standard InChI is InChI=1S/C14H18ClN3/c1-9-11(3)18(8-17-9)14-6-5-12(7-13(14)15)10(2)16-4/h5-8,10,16H,1-4H3. The number of imidazole rings is 1. The number of aromatic nitrogens is 2. The predicted octanol–water partition coefficient (Wildman–Crippen LogP) is 3.42. The van der Waals surface area contributed by atoms with E-state index < -0.39 is 0 Å². The topological polar surface area (TPSA) is 29.9 Å². The summed E-state index contributed by atoms with van der Waals surface area (Å²) in [6.07, 6.45) is 1.81. The molecule has 1 unspecified atom stereocenters. The SMILES string of the molecule is CNC(C)c1ccc(-n2cnc(C)c2C)c(Cl)c1. The van der Waals surface area contributed by atoms with Gasteiger partial charge in [-0.15, -0.1) is 0 Å². The van der Waals surface area contributed by atoms with E-state index in [0.29, 0.717) is 6.04 Å². The molecule has 1 heterocycles. The van der Waals surface area contributed by atoms with E-state index in [9.17, 15) is 0 Å². The van der Waals surface area contributed by atoms with Gasteiger partial charge in [0.2, 0.25) is 0 Å². The van der Waals surface area contributed by atoms with Crippen molar-refractivity contribution in [2.75, 3.05) is 7.05 Å². The number of halogens is 1. The van der Waals surface area contributed by atoms with Gasteiger partial charge < -0.3 is 9.88 Å². The van der Waals surface area contributed by atoms with Crippen molar-refractivity contribution in [3.8, 4) is 5.69 Å². The van der Waals surface area contributed by atoms with Crippen LogP contribution in [0.25, 0.3) is 5.69 Å². The molecule has 0 fully saturated rings. The van der Waals surface area contributed by atoms with E-state index in [-0.39, 0.29) is 0 Å². The molecule has 0 spiro atoms. The van der Waals surface area contributed by atoms with Gasteiger partial charge in [-0.05, 0) is 45.5 Å². The summed E-state index contributed by atoms with van der Waals surface area (Å²) in [4.78, 5) is 4.30. The summed E-state index contributed by atoms with van der Waals surface area (Å²) in [5, 5.41) is 3.95. The van der Waals surface area contributed by atoms with Gasteiger partial charge in [0.05, 0.1) is 22.7 Å². The molecule has 1 aromatic carbocycles. The molecule has 0 saturated carbocycles. The zero-order chi connectivity index (χ0) is 13.3. The van der Waals surface area contributed by atoms with Gasteiger partial charge in [0.25, 0.3) is 0 Å². The first-order valence-electron chi connectivity index (χ1n) is 6.02. The molecule has 1 atom stereocenters. The molecule has 0 aliphatic carbocycles. The minimum atomic E-state index is 0.294. The molecular weight excluding hydrogens is 246 g/mol. The Morgan fingerprint density at radius 3 is 2.56 bits per heavy atom. The molecule has 0 aliphatic heterocycles. The lowest BCUT2D eigenvalue weighted by Crippen LogP contribution is -2.12. The number of benzene rings is 1. The van der Waals surface area contributed by atoms with E-state index in [1.807, 2.05) is 43.9 Å². The van der Waals surface area contributed by atoms with Gasteiger partial charge >= 0.3 is 0 Å². The molecule has 3 nitrogen and oxygen atoms in total. The van der Waals surface area contributed by atoms with Crippen molar-refractivity contribution < 1.29 is 0 Å². The Labute approximate surface area is 113 Å². The van der Waals surface area contributed by atoms with Gasteiger partial charge in [0.1, 0.15) is 0 Å². The van der Waals surface area contributed by atoms with Crippen LogP contribution < -0.4 is 5.32 Å². The van der Waals surface area contributed by atoms with Crippen LogP contribution in [0.1, 0.15) is 29.9 Å². The Balaban J connectivity index is 2.45. The highest BCUT2D eigenvalue weighted by Crippen LogP contribution is 2.26. The molecule has 18 heavy (non-hydrogen) atoms. The van der Waals surface area contributed by atoms with Gasteiger partial charge in [-0.2, -0.15) is 0 Å². The Morgan fingerprint density at radius 1 is 1.33 bits per heavy atom. The van der Waals surface area contributed by atoms with Crippen LogP contribution in [-0.4, -0.2) is 16.6 Å². The number of hydrogen-bond acceptors (Lipinski definition) is 2. The molecule has 0 aliphatic rings. The minimum absolute atomic E-state index is 0.294. The summed E-state index contributed by atoms with van der Waals surface area (Å²) in [7, 11) is 1.94. The van der Waals surface area contributed by atoms with Crippen LogP contribution in [0.4, 0.5) is 0 Å². The van der Waals surface area contributed by atoms with Crippen molar-refractivity contribution in [2.45, 2.75) is 26.8 Å². The van der Waals surface area contributed by atoms with Gasteiger partial charge in [-0.25, -0.2) is 4.98 Å². The van der Waals surface area contributed by atoms with Crippen molar-refractivity contribution in [1.29, 1.82) is 0 Å². The van der Waals surface area contributed by atoms with E-state index in [0.717, 1.165) is 22.1 Å². The Morgan fingerprint density at radius 2 is 2.06 bits per heavy atom. The first-order chi connectivity index (χ1) is 8.54. The van der Waals surface area contributed by atoms with Crippen LogP contribution in [-0.2, 0) is 0 Å². The van der Waals surface area contributed by atoms with Crippen molar-refractivity contribution in [3.63, 3.8) is 0 Å². The highest BCUT2D eigenvalue weighted by Gasteiger charge is 2.10. The van der Waals surface area contributed by atoms with Crippen molar-refractivity contribution in [1.82, 2.24) is 14.9 Å². The quantitative estimate of drug-likeness (QED) is 0.920. The van der Waals surface area contributed by atoms with E-state index in [2.05, 4.69) is 23.3 Å². The lowest BCUT2D eigenvalue weighted by molar-refractivity contribution is 0.652. The Kier molecular flexibility index (Phi) is 3.73. The summed E-state index contributed by atoms with van der Waals surface area (Å²) in [5.41, 5.74) is 4.30. The van der Waals surface area contributed by atoms with E-state index >= 15 is 0 Å². The molecule has 4 heteroatoms. The van der Waals surface area contributed by atoms with Crippen LogP contribution in [0.3, 0.4) is 0 Å². The summed E-state index contributed by atoms with van der Waals surface area (Å²) < 4.78 is 2.02. The molecule has 0 amide bonds. The number of rotatable bonds is 3. The molecule has 0 saturated heterocycles. The average Bonchev–Trinajstić information content (AvgIpc) is 2.69. The predicted molar refractivity (Wildman–Crippen MR) is 75.5 cm³/mol. The highest BCUT2D eigenvalue weighted by molar-refractivity contribution is 6.32. The fraction of sp³-hybridized carbons (Fsp3) is 0.357. The highest BCUT2D eigenvalue weighted by atomic mass is 35.5. The maximum Gasteiger partial charge on any atom is 0.0997 e. The number of nitrogens with zero attached hydrogens (tertiary/aromatic N) is 2. The Bertz CT molecular complexity index is 560. The van der Waals surface area contributed by atoms with Crippen LogP contribution in [0.15, 0.2) is 24.5 Å². The third-order valence-electron chi connectivity index (χ3n) is 3.42. The van der Waals surface area contributed by atoms with E-state index in [1.54, 1.807) is 0 Å². The van der Waals surface area contributed by atoms with Crippen LogP contribution >= 0.6 is 11.6 Å². The third kappa shape index (κ3) is 2.28. The molecule has 0 bridgehead atoms. The van der Waals surface area contributed by atoms with Gasteiger partial charge in [-0.1, -0.05) is 17.7 Å². The fourth-order valence-corrected chi connectivity index (χ4v) is 2.18. The average molecular weight is 264 g/mol. The van der Waals surface area contributed by atoms with Crippen molar-refractivity contribution in [3.05, 3.63) is 46.5 Å². The maximum absolute atomic E-state index is 6.37. The van der Waals surface area contributed by atoms with Gasteiger partial charge in [0, 0.05) is 11.7 Å². The second-order valence-electron chi connectivity index (χ2n) is 4.51. The lowest BCUT2D eigenvalue weighted by Gasteiger charge is -2.14. The maximum atomic E-state index is 6.37. The second kappa shape index (κ2) is 5.12. The lowest BCUT2D eigenvalue weighted by atomic mass is 10.1.